The summed E-state index contributed by atoms with van der Waals surface area (Å²) in [6, 6.07) is 54.6. The molecule has 1 aliphatic rings. The molecule has 1 aromatic heterocycles. The number of para-hydroxylation sites is 1. The SMILES string of the molecule is N#Cc1cc(C#N)cc(-c2ccc3c4ccccc4n(-c4cccc5c4C(=O)N(c4cc(-c6ccccc6)cc(-c6ccccc6)c4)C5=O)c3c2)c1. The van der Waals surface area contributed by atoms with E-state index in [1.54, 1.807) is 24.3 Å². The summed E-state index contributed by atoms with van der Waals surface area (Å²) in [5, 5.41) is 21.2. The van der Waals surface area contributed by atoms with Crippen molar-refractivity contribution in [3.63, 3.8) is 0 Å². The Morgan fingerprint density at radius 1 is 0.442 bits per heavy atom. The standard InChI is InChI=1S/C46H26N4O2/c47-27-29-20-30(28-48)22-34(21-29)33-18-19-39-38-14-7-8-16-41(38)50(43(39)26-33)42-17-9-15-40-44(42)46(52)49(45(40)51)37-24-35(31-10-3-1-4-11-31)23-36(25-37)32-12-5-2-6-13-32/h1-26H. The van der Waals surface area contributed by atoms with Crippen LogP contribution in [0, 0.1) is 22.7 Å². The Morgan fingerprint density at radius 3 is 1.69 bits per heavy atom. The maximum Gasteiger partial charge on any atom is 0.268 e. The second-order valence-electron chi connectivity index (χ2n) is 12.8. The third-order valence-corrected chi connectivity index (χ3v) is 9.72. The fraction of sp³-hybridized carbons (Fsp3) is 0. The minimum atomic E-state index is -0.401. The smallest absolute Gasteiger partial charge is 0.268 e. The molecule has 0 bridgehead atoms. The molecule has 6 nitrogen and oxygen atoms in total. The topological polar surface area (TPSA) is 89.9 Å². The Bertz CT molecular complexity index is 2770. The summed E-state index contributed by atoms with van der Waals surface area (Å²) >= 11 is 0. The molecular formula is C46H26N4O2. The summed E-state index contributed by atoms with van der Waals surface area (Å²) in [5.74, 6) is -0.785. The molecule has 8 aromatic rings. The zero-order valence-electron chi connectivity index (χ0n) is 27.6. The highest BCUT2D eigenvalue weighted by atomic mass is 16.2. The second-order valence-corrected chi connectivity index (χ2v) is 12.8. The van der Waals surface area contributed by atoms with Crippen LogP contribution in [0.4, 0.5) is 5.69 Å². The fourth-order valence-corrected chi connectivity index (χ4v) is 7.36. The number of anilines is 1. The zero-order valence-corrected chi connectivity index (χ0v) is 27.6. The van der Waals surface area contributed by atoms with E-state index in [1.807, 2.05) is 132 Å². The van der Waals surface area contributed by atoms with E-state index in [0.29, 0.717) is 33.6 Å². The van der Waals surface area contributed by atoms with E-state index in [-0.39, 0.29) is 5.91 Å². The van der Waals surface area contributed by atoms with Gasteiger partial charge in [-0.3, -0.25) is 9.59 Å². The first-order chi connectivity index (χ1) is 25.5. The number of amides is 2. The first-order valence-corrected chi connectivity index (χ1v) is 16.8. The number of imide groups is 1. The molecule has 0 saturated heterocycles. The minimum Gasteiger partial charge on any atom is -0.308 e. The lowest BCUT2D eigenvalue weighted by Gasteiger charge is -2.18. The van der Waals surface area contributed by atoms with Crippen LogP contribution in [0.15, 0.2) is 158 Å². The van der Waals surface area contributed by atoms with Crippen LogP contribution in [0.1, 0.15) is 31.8 Å². The van der Waals surface area contributed by atoms with Gasteiger partial charge in [0.05, 0.1) is 56.8 Å². The van der Waals surface area contributed by atoms with Crippen molar-refractivity contribution in [3.05, 3.63) is 180 Å². The first kappa shape index (κ1) is 30.5. The number of hydrogen-bond donors (Lipinski definition) is 0. The molecule has 0 fully saturated rings. The zero-order chi connectivity index (χ0) is 35.3. The van der Waals surface area contributed by atoms with Crippen LogP contribution >= 0.6 is 0 Å². The third-order valence-electron chi connectivity index (χ3n) is 9.72. The Labute approximate surface area is 299 Å². The number of carbonyl (C=O) groups excluding carboxylic acids is 2. The molecule has 0 radical (unpaired) electrons. The number of nitrogens with zero attached hydrogens (tertiary/aromatic N) is 4. The van der Waals surface area contributed by atoms with E-state index in [1.165, 1.54) is 4.90 Å². The maximum absolute atomic E-state index is 14.8. The van der Waals surface area contributed by atoms with Gasteiger partial charge in [-0.15, -0.1) is 0 Å². The molecule has 6 heteroatoms. The average molecular weight is 667 g/mol. The summed E-state index contributed by atoms with van der Waals surface area (Å²) in [6.07, 6.45) is 0. The number of aromatic nitrogens is 1. The maximum atomic E-state index is 14.8. The molecule has 7 aromatic carbocycles. The molecule has 52 heavy (non-hydrogen) atoms. The number of carbonyl (C=O) groups is 2. The molecule has 0 saturated carbocycles. The van der Waals surface area contributed by atoms with Gasteiger partial charge in [0, 0.05) is 10.8 Å². The highest BCUT2D eigenvalue weighted by molar-refractivity contribution is 6.36. The summed E-state index contributed by atoms with van der Waals surface area (Å²) in [6.45, 7) is 0. The quantitative estimate of drug-likeness (QED) is 0.171. The fourth-order valence-electron chi connectivity index (χ4n) is 7.36. The Kier molecular flexibility index (Phi) is 7.10. The van der Waals surface area contributed by atoms with Crippen molar-refractivity contribution in [2.45, 2.75) is 0 Å². The largest absolute Gasteiger partial charge is 0.308 e. The van der Waals surface area contributed by atoms with Crippen LogP contribution in [-0.4, -0.2) is 16.4 Å². The van der Waals surface area contributed by atoms with Crippen molar-refractivity contribution in [1.82, 2.24) is 4.57 Å². The second kappa shape index (κ2) is 12.1. The molecule has 0 spiro atoms. The Balaban J connectivity index is 1.24. The van der Waals surface area contributed by atoms with E-state index in [0.717, 1.165) is 55.2 Å². The molecule has 0 atom stereocenters. The van der Waals surface area contributed by atoms with Gasteiger partial charge in [0.15, 0.2) is 0 Å². The van der Waals surface area contributed by atoms with Gasteiger partial charge >= 0.3 is 0 Å². The Hall–Kier alpha value is -7.54. The normalized spacial score (nSPS) is 12.2. The molecule has 0 unspecified atom stereocenters. The number of rotatable bonds is 5. The summed E-state index contributed by atoms with van der Waals surface area (Å²) in [7, 11) is 0. The van der Waals surface area contributed by atoms with Crippen LogP contribution in [0.25, 0.3) is 60.9 Å². The molecule has 9 rings (SSSR count). The van der Waals surface area contributed by atoms with Crippen LogP contribution in [-0.2, 0) is 0 Å². The molecule has 0 N–H and O–H groups in total. The molecule has 2 amide bonds. The van der Waals surface area contributed by atoms with Gasteiger partial charge in [-0.1, -0.05) is 97.1 Å². The van der Waals surface area contributed by atoms with Gasteiger partial charge in [0.1, 0.15) is 0 Å². The lowest BCUT2D eigenvalue weighted by molar-refractivity contribution is 0.0926. The van der Waals surface area contributed by atoms with Crippen molar-refractivity contribution in [2.24, 2.45) is 0 Å². The average Bonchev–Trinajstić information content (AvgIpc) is 3.67. The first-order valence-electron chi connectivity index (χ1n) is 16.8. The number of fused-ring (bicyclic) bond motifs is 4. The molecule has 242 valence electrons. The highest BCUT2D eigenvalue weighted by Gasteiger charge is 2.39. The lowest BCUT2D eigenvalue weighted by atomic mass is 9.97. The lowest BCUT2D eigenvalue weighted by Crippen LogP contribution is -2.29. The van der Waals surface area contributed by atoms with Gasteiger partial charge < -0.3 is 4.57 Å². The Morgan fingerprint density at radius 2 is 1.04 bits per heavy atom. The van der Waals surface area contributed by atoms with Crippen LogP contribution in [0.2, 0.25) is 0 Å². The summed E-state index contributed by atoms with van der Waals surface area (Å²) < 4.78 is 2.04. The molecule has 1 aliphatic heterocycles. The van der Waals surface area contributed by atoms with E-state index in [2.05, 4.69) is 18.2 Å². The number of nitriles is 2. The molecular weight excluding hydrogens is 641 g/mol. The monoisotopic (exact) mass is 666 g/mol. The van der Waals surface area contributed by atoms with E-state index in [9.17, 15) is 20.1 Å². The van der Waals surface area contributed by atoms with Crippen LogP contribution in [0.5, 0.6) is 0 Å². The van der Waals surface area contributed by atoms with E-state index >= 15 is 0 Å². The summed E-state index contributed by atoms with van der Waals surface area (Å²) in [4.78, 5) is 30.4. The van der Waals surface area contributed by atoms with Gasteiger partial charge in [-0.2, -0.15) is 10.5 Å². The number of hydrogen-bond acceptors (Lipinski definition) is 4. The van der Waals surface area contributed by atoms with Crippen molar-refractivity contribution < 1.29 is 9.59 Å². The summed E-state index contributed by atoms with van der Waals surface area (Å²) in [5.41, 5.74) is 9.51. The minimum absolute atomic E-state index is 0.324. The van der Waals surface area contributed by atoms with Crippen LogP contribution in [0.3, 0.4) is 0 Å². The van der Waals surface area contributed by atoms with E-state index < -0.39 is 5.91 Å². The van der Waals surface area contributed by atoms with Gasteiger partial charge in [-0.05, 0) is 94.0 Å². The van der Waals surface area contributed by atoms with Gasteiger partial charge in [0.2, 0.25) is 0 Å². The predicted molar refractivity (Wildman–Crippen MR) is 204 cm³/mol. The highest BCUT2D eigenvalue weighted by Crippen LogP contribution is 2.41. The van der Waals surface area contributed by atoms with Gasteiger partial charge in [-0.25, -0.2) is 4.90 Å². The molecule has 0 aliphatic carbocycles. The van der Waals surface area contributed by atoms with Crippen LogP contribution < -0.4 is 4.90 Å². The number of benzene rings is 7. The van der Waals surface area contributed by atoms with E-state index in [4.69, 9.17) is 0 Å². The van der Waals surface area contributed by atoms with Crippen molar-refractivity contribution in [3.8, 4) is 51.2 Å². The molecule has 2 heterocycles. The van der Waals surface area contributed by atoms with Crippen molar-refractivity contribution >= 4 is 39.3 Å². The predicted octanol–water partition coefficient (Wildman–Crippen LogP) is 10.3. The van der Waals surface area contributed by atoms with Crippen molar-refractivity contribution in [1.29, 1.82) is 10.5 Å². The van der Waals surface area contributed by atoms with Gasteiger partial charge in [0.25, 0.3) is 11.8 Å². The van der Waals surface area contributed by atoms with Crippen molar-refractivity contribution in [2.75, 3.05) is 4.90 Å². The third kappa shape index (κ3) is 4.87.